The summed E-state index contributed by atoms with van der Waals surface area (Å²) < 4.78 is 6.03. The van der Waals surface area contributed by atoms with Crippen molar-refractivity contribution < 1.29 is 14.9 Å². The Hall–Kier alpha value is -2.92. The summed E-state index contributed by atoms with van der Waals surface area (Å²) in [6, 6.07) is 11.0. The van der Waals surface area contributed by atoms with Crippen LogP contribution in [0.5, 0.6) is 11.5 Å². The Balaban J connectivity index is 2.08. The van der Waals surface area contributed by atoms with Crippen LogP contribution in [0, 0.1) is 6.92 Å². The highest BCUT2D eigenvalue weighted by Gasteiger charge is 2.29. The van der Waals surface area contributed by atoms with Gasteiger partial charge in [0.1, 0.15) is 22.9 Å². The third kappa shape index (κ3) is 2.62. The molecule has 0 fully saturated rings. The van der Waals surface area contributed by atoms with Crippen LogP contribution in [-0.4, -0.2) is 25.8 Å². The minimum absolute atomic E-state index is 0.151. The number of ether oxygens (including phenoxy) is 1. The molecule has 0 unspecified atom stereocenters. The Kier molecular flexibility index (Phi) is 3.30. The van der Waals surface area contributed by atoms with Crippen molar-refractivity contribution in [2.24, 2.45) is 0 Å². The summed E-state index contributed by atoms with van der Waals surface area (Å²) in [4.78, 5) is 9.46. The van der Waals surface area contributed by atoms with Crippen molar-refractivity contribution >= 4 is 16.8 Å². The summed E-state index contributed by atoms with van der Waals surface area (Å²) >= 11 is 0. The van der Waals surface area contributed by atoms with Crippen LogP contribution < -0.4 is 4.74 Å². The fourth-order valence-electron chi connectivity index (χ4n) is 2.94. The first kappa shape index (κ1) is 15.6. The predicted molar refractivity (Wildman–Crippen MR) is 96.3 cm³/mol. The molecule has 2 heterocycles. The van der Waals surface area contributed by atoms with Gasteiger partial charge in [-0.3, -0.25) is 0 Å². The van der Waals surface area contributed by atoms with E-state index in [1.807, 2.05) is 24.3 Å². The van der Waals surface area contributed by atoms with Gasteiger partial charge < -0.3 is 14.9 Å². The summed E-state index contributed by atoms with van der Waals surface area (Å²) in [5, 5.41) is 20.3. The largest absolute Gasteiger partial charge is 0.508 e. The van der Waals surface area contributed by atoms with E-state index in [0.29, 0.717) is 28.5 Å². The zero-order chi connectivity index (χ0) is 17.8. The highest BCUT2D eigenvalue weighted by molar-refractivity contribution is 5.89. The molecule has 2 N–H and O–H groups in total. The molecule has 2 aromatic carbocycles. The Morgan fingerprint density at radius 1 is 1.00 bits per heavy atom. The molecular weight excluding hydrogens is 316 g/mol. The highest BCUT2D eigenvalue weighted by atomic mass is 16.5. The molecule has 25 heavy (non-hydrogen) atoms. The summed E-state index contributed by atoms with van der Waals surface area (Å²) in [5.74, 6) is 1.12. The number of phenolic OH excluding ortho intramolecular Hbond substituents is 1. The Bertz CT molecular complexity index is 1030. The van der Waals surface area contributed by atoms with E-state index in [0.717, 1.165) is 16.6 Å². The van der Waals surface area contributed by atoms with Gasteiger partial charge in [0.25, 0.3) is 0 Å². The number of aromatic hydroxyl groups is 1. The van der Waals surface area contributed by atoms with Crippen LogP contribution in [-0.2, 0) is 0 Å². The minimum atomic E-state index is -1.08. The summed E-state index contributed by atoms with van der Waals surface area (Å²) in [6.45, 7) is 5.13. The lowest BCUT2D eigenvalue weighted by Crippen LogP contribution is -2.19. The van der Waals surface area contributed by atoms with Gasteiger partial charge in [0.2, 0.25) is 0 Å². The quantitative estimate of drug-likeness (QED) is 0.708. The molecule has 0 atom stereocenters. The molecule has 0 spiro atoms. The molecule has 0 bridgehead atoms. The first-order valence-electron chi connectivity index (χ1n) is 8.07. The number of hydrogen-bond donors (Lipinski definition) is 2. The smallest absolute Gasteiger partial charge is 0.154 e. The summed E-state index contributed by atoms with van der Waals surface area (Å²) in [6.07, 6.45) is 1.61. The molecule has 0 aliphatic carbocycles. The monoisotopic (exact) mass is 334 g/mol. The second-order valence-electron chi connectivity index (χ2n) is 6.76. The first-order chi connectivity index (χ1) is 11.8. The molecule has 5 nitrogen and oxygen atoms in total. The fourth-order valence-corrected chi connectivity index (χ4v) is 2.94. The van der Waals surface area contributed by atoms with Gasteiger partial charge in [0.15, 0.2) is 5.76 Å². The number of nitrogens with zero attached hydrogens (tertiary/aromatic N) is 2. The lowest BCUT2D eigenvalue weighted by molar-refractivity contribution is 0.132. The van der Waals surface area contributed by atoms with Crippen LogP contribution in [0.15, 0.2) is 42.5 Å². The van der Waals surface area contributed by atoms with Crippen molar-refractivity contribution in [1.82, 2.24) is 9.97 Å². The van der Waals surface area contributed by atoms with Crippen molar-refractivity contribution in [3.05, 3.63) is 53.7 Å². The van der Waals surface area contributed by atoms with Crippen molar-refractivity contribution in [1.29, 1.82) is 0 Å². The molecule has 5 heteroatoms. The molecule has 4 rings (SSSR count). The van der Waals surface area contributed by atoms with E-state index in [2.05, 4.69) is 0 Å². The van der Waals surface area contributed by atoms with Gasteiger partial charge in [0.05, 0.1) is 16.6 Å². The Labute approximate surface area is 145 Å². The number of hydrogen-bond acceptors (Lipinski definition) is 5. The molecular formula is C20H18N2O3. The maximum absolute atomic E-state index is 10.2. The van der Waals surface area contributed by atoms with Crippen LogP contribution >= 0.6 is 0 Å². The topological polar surface area (TPSA) is 75.5 Å². The molecule has 126 valence electrons. The molecule has 1 aliphatic heterocycles. The zero-order valence-corrected chi connectivity index (χ0v) is 14.2. The standard InChI is InChI=1S/C20H18N2O3/c1-11-15(23)9-8-12-17-18(16(25-19(11)12)10-20(2,3)24)22-14-7-5-4-6-13(14)21-17/h4-10,23-24H,1-3H3/b16-10-. The van der Waals surface area contributed by atoms with E-state index in [-0.39, 0.29) is 5.75 Å². The first-order valence-corrected chi connectivity index (χ1v) is 8.07. The Morgan fingerprint density at radius 3 is 2.28 bits per heavy atom. The normalized spacial score (nSPS) is 15.0. The van der Waals surface area contributed by atoms with Crippen LogP contribution in [0.2, 0.25) is 0 Å². The van der Waals surface area contributed by atoms with Gasteiger partial charge in [-0.25, -0.2) is 9.97 Å². The summed E-state index contributed by atoms with van der Waals surface area (Å²) in [7, 11) is 0. The van der Waals surface area contributed by atoms with Gasteiger partial charge in [-0.1, -0.05) is 12.1 Å². The lowest BCUT2D eigenvalue weighted by Gasteiger charge is -2.25. The van der Waals surface area contributed by atoms with Crippen molar-refractivity contribution in [3.63, 3.8) is 0 Å². The minimum Gasteiger partial charge on any atom is -0.508 e. The van der Waals surface area contributed by atoms with Crippen LogP contribution in [0.3, 0.4) is 0 Å². The number of phenols is 1. The third-order valence-electron chi connectivity index (χ3n) is 4.13. The predicted octanol–water partition coefficient (Wildman–Crippen LogP) is 3.82. The van der Waals surface area contributed by atoms with E-state index < -0.39 is 5.60 Å². The molecule has 0 radical (unpaired) electrons. The van der Waals surface area contributed by atoms with Crippen molar-refractivity contribution in [3.8, 4) is 22.8 Å². The van der Waals surface area contributed by atoms with E-state index in [1.165, 1.54) is 0 Å². The van der Waals surface area contributed by atoms with Gasteiger partial charge in [-0.2, -0.15) is 0 Å². The van der Waals surface area contributed by atoms with Crippen LogP contribution in [0.1, 0.15) is 25.1 Å². The van der Waals surface area contributed by atoms with E-state index in [4.69, 9.17) is 14.7 Å². The van der Waals surface area contributed by atoms with Crippen molar-refractivity contribution in [2.75, 3.05) is 0 Å². The van der Waals surface area contributed by atoms with Crippen LogP contribution in [0.4, 0.5) is 0 Å². The SMILES string of the molecule is Cc1c(O)ccc2c1O/C(=C\C(C)(C)O)c1nc3ccccc3nc1-2. The Morgan fingerprint density at radius 2 is 1.64 bits per heavy atom. The lowest BCUT2D eigenvalue weighted by atomic mass is 9.98. The second-order valence-corrected chi connectivity index (χ2v) is 6.76. The number of benzene rings is 2. The van der Waals surface area contributed by atoms with Crippen LogP contribution in [0.25, 0.3) is 28.0 Å². The molecule has 1 aromatic heterocycles. The molecule has 0 amide bonds. The maximum atomic E-state index is 10.2. The third-order valence-corrected chi connectivity index (χ3v) is 4.13. The highest BCUT2D eigenvalue weighted by Crippen LogP contribution is 2.45. The van der Waals surface area contributed by atoms with Crippen molar-refractivity contribution in [2.45, 2.75) is 26.4 Å². The van der Waals surface area contributed by atoms with Gasteiger partial charge in [-0.05, 0) is 51.1 Å². The molecule has 3 aromatic rings. The van der Waals surface area contributed by atoms with Gasteiger partial charge in [0, 0.05) is 11.1 Å². The van der Waals surface area contributed by atoms with E-state index in [9.17, 15) is 10.2 Å². The fraction of sp³-hybridized carbons (Fsp3) is 0.200. The average molecular weight is 334 g/mol. The summed E-state index contributed by atoms with van der Waals surface area (Å²) in [5.41, 5.74) is 3.11. The van der Waals surface area contributed by atoms with E-state index >= 15 is 0 Å². The zero-order valence-electron chi connectivity index (χ0n) is 14.2. The van der Waals surface area contributed by atoms with Gasteiger partial charge in [-0.15, -0.1) is 0 Å². The molecule has 1 aliphatic rings. The number of aliphatic hydroxyl groups is 1. The van der Waals surface area contributed by atoms with E-state index in [1.54, 1.807) is 39.0 Å². The number of para-hydroxylation sites is 2. The second kappa shape index (κ2) is 5.29. The number of aromatic nitrogens is 2. The molecule has 0 saturated heterocycles. The maximum Gasteiger partial charge on any atom is 0.154 e. The molecule has 0 saturated carbocycles. The number of rotatable bonds is 1. The van der Waals surface area contributed by atoms with Gasteiger partial charge >= 0.3 is 0 Å². The average Bonchev–Trinajstić information content (AvgIpc) is 2.56. The number of fused-ring (bicyclic) bond motifs is 4.